The van der Waals surface area contributed by atoms with Crippen LogP contribution in [0.3, 0.4) is 0 Å². The van der Waals surface area contributed by atoms with Crippen molar-refractivity contribution in [2.45, 2.75) is 46.2 Å². The van der Waals surface area contributed by atoms with E-state index in [9.17, 15) is 20.1 Å². The van der Waals surface area contributed by atoms with E-state index in [4.69, 9.17) is 0 Å². The molecule has 0 aliphatic carbocycles. The Morgan fingerprint density at radius 2 is 1.41 bits per heavy atom. The lowest BCUT2D eigenvalue weighted by molar-refractivity contribution is -0.141. The van der Waals surface area contributed by atoms with Crippen LogP contribution in [0.5, 0.6) is 11.5 Å². The van der Waals surface area contributed by atoms with E-state index in [1.165, 1.54) is 0 Å². The van der Waals surface area contributed by atoms with E-state index < -0.39 is 11.9 Å². The predicted octanol–water partition coefficient (Wildman–Crippen LogP) is 5.60. The zero-order valence-corrected chi connectivity index (χ0v) is 19.0. The standard InChI is InChI=1S/C25H27NO4.C2H6/c1-17(25(29)30)12-21(26-16-18-8-4-2-5-9-18)13-19-14-22(27)24(23(28)15-19)20-10-6-3-7-11-20;1-2/h2-11,14-15,17,21,26-28H,12-13,16H2,1H3,(H,29,30);1-2H3/t17?,21-;/m1./s1. The average Bonchev–Trinajstić information content (AvgIpc) is 2.79. The highest BCUT2D eigenvalue weighted by Crippen LogP contribution is 2.38. The van der Waals surface area contributed by atoms with E-state index in [2.05, 4.69) is 5.32 Å². The summed E-state index contributed by atoms with van der Waals surface area (Å²) in [5, 5.41) is 33.8. The van der Waals surface area contributed by atoms with Gasteiger partial charge in [-0.1, -0.05) is 81.4 Å². The molecule has 0 heterocycles. The SMILES string of the molecule is CC.CC(C[C@H](Cc1cc(O)c(-c2ccccc2)c(O)c1)NCc1ccccc1)C(=O)O. The lowest BCUT2D eigenvalue weighted by Gasteiger charge is -2.22. The first-order valence-corrected chi connectivity index (χ1v) is 11.0. The molecule has 0 saturated heterocycles. The molecule has 3 rings (SSSR count). The van der Waals surface area contributed by atoms with Gasteiger partial charge in [-0.05, 0) is 41.7 Å². The Morgan fingerprint density at radius 1 is 0.875 bits per heavy atom. The third kappa shape index (κ3) is 7.13. The van der Waals surface area contributed by atoms with Gasteiger partial charge in [0, 0.05) is 12.6 Å². The number of nitrogens with one attached hydrogen (secondary N) is 1. The summed E-state index contributed by atoms with van der Waals surface area (Å²) in [6.07, 6.45) is 0.921. The fourth-order valence-electron chi connectivity index (χ4n) is 3.60. The number of hydrogen-bond donors (Lipinski definition) is 4. The molecule has 170 valence electrons. The van der Waals surface area contributed by atoms with Crippen LogP contribution in [-0.4, -0.2) is 27.3 Å². The van der Waals surface area contributed by atoms with Gasteiger partial charge in [0.2, 0.25) is 0 Å². The molecule has 0 fully saturated rings. The van der Waals surface area contributed by atoms with E-state index in [1.54, 1.807) is 19.1 Å². The molecule has 1 unspecified atom stereocenters. The minimum Gasteiger partial charge on any atom is -0.507 e. The van der Waals surface area contributed by atoms with Crippen LogP contribution in [0.1, 0.15) is 38.3 Å². The summed E-state index contributed by atoms with van der Waals surface area (Å²) in [6.45, 7) is 6.30. The molecule has 4 N–H and O–H groups in total. The number of carboxylic acid groups (broad SMARTS) is 1. The second kappa shape index (κ2) is 12.5. The highest BCUT2D eigenvalue weighted by molar-refractivity contribution is 5.76. The number of phenolic OH excluding ortho intramolecular Hbond substituents is 2. The van der Waals surface area contributed by atoms with Crippen LogP contribution in [0.25, 0.3) is 11.1 Å². The minimum atomic E-state index is -0.841. The molecule has 32 heavy (non-hydrogen) atoms. The summed E-state index contributed by atoms with van der Waals surface area (Å²) in [7, 11) is 0. The Hall–Kier alpha value is -3.31. The van der Waals surface area contributed by atoms with E-state index in [-0.39, 0.29) is 17.5 Å². The Balaban J connectivity index is 0.00000176. The number of phenols is 2. The molecule has 5 heteroatoms. The van der Waals surface area contributed by atoms with Gasteiger partial charge in [-0.25, -0.2) is 0 Å². The van der Waals surface area contributed by atoms with Gasteiger partial charge < -0.3 is 20.6 Å². The summed E-state index contributed by atoms with van der Waals surface area (Å²) in [4.78, 5) is 11.4. The van der Waals surface area contributed by atoms with Crippen molar-refractivity contribution in [2.75, 3.05) is 0 Å². The molecule has 3 aromatic rings. The average molecular weight is 436 g/mol. The van der Waals surface area contributed by atoms with Crippen molar-refractivity contribution in [1.82, 2.24) is 5.32 Å². The normalized spacial score (nSPS) is 12.3. The van der Waals surface area contributed by atoms with Crippen molar-refractivity contribution in [3.63, 3.8) is 0 Å². The first-order valence-electron chi connectivity index (χ1n) is 11.0. The van der Waals surface area contributed by atoms with Crippen LogP contribution in [0.4, 0.5) is 0 Å². The third-order valence-corrected chi connectivity index (χ3v) is 5.20. The minimum absolute atomic E-state index is 0.00397. The zero-order valence-electron chi connectivity index (χ0n) is 19.0. The molecule has 0 amide bonds. The number of rotatable bonds is 9. The lowest BCUT2D eigenvalue weighted by Crippen LogP contribution is -2.34. The van der Waals surface area contributed by atoms with Crippen molar-refractivity contribution in [3.8, 4) is 22.6 Å². The summed E-state index contributed by atoms with van der Waals surface area (Å²) in [5.74, 6) is -1.34. The predicted molar refractivity (Wildman–Crippen MR) is 129 cm³/mol. The molecule has 0 aliphatic rings. The van der Waals surface area contributed by atoms with Crippen LogP contribution in [0.2, 0.25) is 0 Å². The Labute approximate surface area is 190 Å². The van der Waals surface area contributed by atoms with Crippen LogP contribution < -0.4 is 5.32 Å². The van der Waals surface area contributed by atoms with Gasteiger partial charge in [-0.15, -0.1) is 0 Å². The van der Waals surface area contributed by atoms with Crippen molar-refractivity contribution in [1.29, 1.82) is 0 Å². The van der Waals surface area contributed by atoms with E-state index >= 15 is 0 Å². The molecule has 0 saturated carbocycles. The molecule has 0 radical (unpaired) electrons. The first-order chi connectivity index (χ1) is 15.4. The lowest BCUT2D eigenvalue weighted by atomic mass is 9.94. The second-order valence-electron chi connectivity index (χ2n) is 7.62. The maximum absolute atomic E-state index is 11.4. The number of carboxylic acids is 1. The van der Waals surface area contributed by atoms with Gasteiger partial charge >= 0.3 is 5.97 Å². The van der Waals surface area contributed by atoms with Gasteiger partial charge in [0.25, 0.3) is 0 Å². The maximum Gasteiger partial charge on any atom is 0.306 e. The summed E-state index contributed by atoms with van der Waals surface area (Å²) < 4.78 is 0. The number of aliphatic carboxylic acids is 1. The fourth-order valence-corrected chi connectivity index (χ4v) is 3.60. The maximum atomic E-state index is 11.4. The second-order valence-corrected chi connectivity index (χ2v) is 7.62. The monoisotopic (exact) mass is 435 g/mol. The number of hydrogen-bond acceptors (Lipinski definition) is 4. The highest BCUT2D eigenvalue weighted by atomic mass is 16.4. The van der Waals surface area contributed by atoms with Crippen molar-refractivity contribution >= 4 is 5.97 Å². The van der Waals surface area contributed by atoms with E-state index in [0.29, 0.717) is 24.9 Å². The van der Waals surface area contributed by atoms with Crippen LogP contribution in [0.15, 0.2) is 72.8 Å². The molecule has 2 atom stereocenters. The van der Waals surface area contributed by atoms with Gasteiger partial charge in [0.15, 0.2) is 0 Å². The quantitative estimate of drug-likeness (QED) is 0.351. The molecule has 0 aromatic heterocycles. The van der Waals surface area contributed by atoms with Gasteiger partial charge in [-0.2, -0.15) is 0 Å². The third-order valence-electron chi connectivity index (χ3n) is 5.20. The molecular weight excluding hydrogens is 402 g/mol. The number of carbonyl (C=O) groups is 1. The van der Waals surface area contributed by atoms with Crippen molar-refractivity contribution < 1.29 is 20.1 Å². The van der Waals surface area contributed by atoms with Crippen LogP contribution >= 0.6 is 0 Å². The van der Waals surface area contributed by atoms with Crippen molar-refractivity contribution in [3.05, 3.63) is 83.9 Å². The fraction of sp³-hybridized carbons (Fsp3) is 0.296. The Bertz CT molecular complexity index is 950. The Morgan fingerprint density at radius 3 is 1.94 bits per heavy atom. The van der Waals surface area contributed by atoms with Crippen LogP contribution in [0, 0.1) is 5.92 Å². The molecule has 0 aliphatic heterocycles. The molecular formula is C27H33NO4. The summed E-state index contributed by atoms with van der Waals surface area (Å²) >= 11 is 0. The molecule has 5 nitrogen and oxygen atoms in total. The highest BCUT2D eigenvalue weighted by Gasteiger charge is 2.20. The van der Waals surface area contributed by atoms with Crippen LogP contribution in [-0.2, 0) is 17.8 Å². The topological polar surface area (TPSA) is 89.8 Å². The number of aromatic hydroxyl groups is 2. The van der Waals surface area contributed by atoms with Crippen molar-refractivity contribution in [2.24, 2.45) is 5.92 Å². The van der Waals surface area contributed by atoms with E-state index in [0.717, 1.165) is 16.7 Å². The number of benzene rings is 3. The smallest absolute Gasteiger partial charge is 0.306 e. The Kier molecular flexibility index (Phi) is 9.76. The largest absolute Gasteiger partial charge is 0.507 e. The summed E-state index contributed by atoms with van der Waals surface area (Å²) in [5.41, 5.74) is 2.98. The molecule has 0 spiro atoms. The first kappa shape index (κ1) is 25.0. The van der Waals surface area contributed by atoms with Gasteiger partial charge in [-0.3, -0.25) is 4.79 Å². The zero-order chi connectivity index (χ0) is 23.5. The summed E-state index contributed by atoms with van der Waals surface area (Å²) in [6, 6.07) is 22.3. The molecule has 3 aromatic carbocycles. The van der Waals surface area contributed by atoms with Gasteiger partial charge in [0.05, 0.1) is 11.5 Å². The van der Waals surface area contributed by atoms with E-state index in [1.807, 2.05) is 74.5 Å². The van der Waals surface area contributed by atoms with Gasteiger partial charge in [0.1, 0.15) is 11.5 Å². The molecule has 0 bridgehead atoms.